The molecular formula is C38H49N3O5. The highest BCUT2D eigenvalue weighted by molar-refractivity contribution is 5.73. The van der Waals surface area contributed by atoms with Crippen LogP contribution >= 0.6 is 0 Å². The number of ether oxygens (including phenoxy) is 3. The van der Waals surface area contributed by atoms with E-state index in [9.17, 15) is 10.2 Å². The monoisotopic (exact) mass is 627 g/mol. The van der Waals surface area contributed by atoms with E-state index in [1.54, 1.807) is 43.5 Å². The molecule has 2 N–H and O–H groups in total. The normalized spacial score (nSPS) is 12.5. The molecule has 0 aliphatic heterocycles. The van der Waals surface area contributed by atoms with Gasteiger partial charge in [-0.15, -0.1) is 0 Å². The number of aromatic hydroxyl groups is 2. The minimum Gasteiger partial charge on any atom is -0.507 e. The van der Waals surface area contributed by atoms with Crippen LogP contribution in [0.2, 0.25) is 0 Å². The Balaban J connectivity index is 1.73. The Morgan fingerprint density at radius 1 is 0.587 bits per heavy atom. The molecule has 46 heavy (non-hydrogen) atoms. The lowest BCUT2D eigenvalue weighted by Crippen LogP contribution is -2.11. The van der Waals surface area contributed by atoms with Gasteiger partial charge in [-0.1, -0.05) is 66.2 Å². The minimum atomic E-state index is 0.0159. The van der Waals surface area contributed by atoms with E-state index >= 15 is 0 Å². The third kappa shape index (κ3) is 9.35. The lowest BCUT2D eigenvalue weighted by Gasteiger charge is -2.17. The largest absolute Gasteiger partial charge is 0.507 e. The van der Waals surface area contributed by atoms with Crippen molar-refractivity contribution in [2.45, 2.75) is 79.1 Å². The SMILES string of the molecule is CCCCC(CC)COc1ccc(O)c(-c2nc(-c3ccc(OC)cc3)nc(-c3cc(OCC(CC)CCCC)ccc3O)n2)c1. The van der Waals surface area contributed by atoms with Gasteiger partial charge >= 0.3 is 0 Å². The molecule has 8 nitrogen and oxygen atoms in total. The highest BCUT2D eigenvalue weighted by Gasteiger charge is 2.19. The fourth-order valence-corrected chi connectivity index (χ4v) is 5.28. The predicted octanol–water partition coefficient (Wildman–Crippen LogP) is 9.48. The average Bonchev–Trinajstić information content (AvgIpc) is 3.09. The number of unbranched alkanes of at least 4 members (excludes halogenated alkanes) is 2. The van der Waals surface area contributed by atoms with Crippen molar-refractivity contribution in [3.63, 3.8) is 0 Å². The summed E-state index contributed by atoms with van der Waals surface area (Å²) in [6, 6.07) is 17.6. The Hall–Kier alpha value is -4.33. The maximum atomic E-state index is 11.0. The Bertz CT molecular complexity index is 1440. The number of hydrogen-bond donors (Lipinski definition) is 2. The zero-order valence-corrected chi connectivity index (χ0v) is 28.0. The van der Waals surface area contributed by atoms with Crippen LogP contribution in [0.4, 0.5) is 0 Å². The highest BCUT2D eigenvalue weighted by Crippen LogP contribution is 2.36. The van der Waals surface area contributed by atoms with Crippen LogP contribution in [0.15, 0.2) is 60.7 Å². The summed E-state index contributed by atoms with van der Waals surface area (Å²) >= 11 is 0. The molecule has 0 radical (unpaired) electrons. The Labute approximate surface area is 273 Å². The second-order valence-corrected chi connectivity index (χ2v) is 11.8. The first-order valence-corrected chi connectivity index (χ1v) is 16.7. The van der Waals surface area contributed by atoms with Crippen LogP contribution in [0, 0.1) is 11.8 Å². The molecule has 3 aromatic carbocycles. The zero-order chi connectivity index (χ0) is 32.9. The lowest BCUT2D eigenvalue weighted by atomic mass is 10.0. The molecule has 0 bridgehead atoms. The van der Waals surface area contributed by atoms with Crippen molar-refractivity contribution in [1.82, 2.24) is 15.0 Å². The number of phenolic OH excluding ortho intramolecular Hbond substituents is 2. The van der Waals surface area contributed by atoms with Crippen molar-refractivity contribution >= 4 is 0 Å². The first kappa shape index (κ1) is 34.5. The molecule has 0 aliphatic carbocycles. The minimum absolute atomic E-state index is 0.0159. The van der Waals surface area contributed by atoms with Gasteiger partial charge in [0.05, 0.1) is 31.5 Å². The average molecular weight is 628 g/mol. The van der Waals surface area contributed by atoms with Crippen LogP contribution in [0.5, 0.6) is 28.7 Å². The van der Waals surface area contributed by atoms with Gasteiger partial charge < -0.3 is 24.4 Å². The molecule has 2 atom stereocenters. The third-order valence-electron chi connectivity index (χ3n) is 8.46. The molecule has 0 saturated heterocycles. The second kappa shape index (κ2) is 17.4. The van der Waals surface area contributed by atoms with E-state index in [1.807, 2.05) is 24.3 Å². The molecule has 0 saturated carbocycles. The quantitative estimate of drug-likeness (QED) is 0.112. The van der Waals surface area contributed by atoms with Crippen molar-refractivity contribution in [1.29, 1.82) is 0 Å². The van der Waals surface area contributed by atoms with Gasteiger partial charge in [0.25, 0.3) is 0 Å². The van der Waals surface area contributed by atoms with E-state index < -0.39 is 0 Å². The van der Waals surface area contributed by atoms with Gasteiger partial charge in [0.15, 0.2) is 17.5 Å². The van der Waals surface area contributed by atoms with Crippen molar-refractivity contribution < 1.29 is 24.4 Å². The zero-order valence-electron chi connectivity index (χ0n) is 28.0. The molecule has 1 heterocycles. The first-order valence-electron chi connectivity index (χ1n) is 16.7. The molecule has 2 unspecified atom stereocenters. The maximum absolute atomic E-state index is 11.0. The van der Waals surface area contributed by atoms with Gasteiger partial charge in [-0.2, -0.15) is 0 Å². The topological polar surface area (TPSA) is 107 Å². The maximum Gasteiger partial charge on any atom is 0.167 e. The van der Waals surface area contributed by atoms with Gasteiger partial charge in [-0.25, -0.2) is 15.0 Å². The third-order valence-corrected chi connectivity index (χ3v) is 8.46. The van der Waals surface area contributed by atoms with Gasteiger partial charge in [0, 0.05) is 5.56 Å². The number of nitrogens with zero attached hydrogens (tertiary/aromatic N) is 3. The van der Waals surface area contributed by atoms with Gasteiger partial charge in [-0.05, 0) is 85.3 Å². The molecule has 0 aliphatic rings. The summed E-state index contributed by atoms with van der Waals surface area (Å²) in [6.07, 6.45) is 8.95. The van der Waals surface area contributed by atoms with E-state index in [0.717, 1.165) is 44.1 Å². The summed E-state index contributed by atoms with van der Waals surface area (Å²) in [7, 11) is 1.61. The summed E-state index contributed by atoms with van der Waals surface area (Å²) in [6.45, 7) is 9.95. The summed E-state index contributed by atoms with van der Waals surface area (Å²) in [5, 5.41) is 22.0. The number of benzene rings is 3. The second-order valence-electron chi connectivity index (χ2n) is 11.8. The molecule has 8 heteroatoms. The molecule has 0 spiro atoms. The van der Waals surface area contributed by atoms with Crippen LogP contribution in [-0.2, 0) is 0 Å². The molecular weight excluding hydrogens is 578 g/mol. The smallest absolute Gasteiger partial charge is 0.167 e. The van der Waals surface area contributed by atoms with Gasteiger partial charge in [0.1, 0.15) is 28.7 Å². The fourth-order valence-electron chi connectivity index (χ4n) is 5.28. The van der Waals surface area contributed by atoms with E-state index in [1.165, 1.54) is 12.8 Å². The first-order chi connectivity index (χ1) is 22.4. The van der Waals surface area contributed by atoms with Crippen LogP contribution in [0.25, 0.3) is 34.2 Å². The number of phenols is 2. The number of hydrogen-bond acceptors (Lipinski definition) is 8. The molecule has 4 aromatic rings. The van der Waals surface area contributed by atoms with E-state index in [2.05, 4.69) is 27.7 Å². The fraction of sp³-hybridized carbons (Fsp3) is 0.447. The van der Waals surface area contributed by atoms with Crippen molar-refractivity contribution in [2.24, 2.45) is 11.8 Å². The van der Waals surface area contributed by atoms with Crippen molar-refractivity contribution in [3.8, 4) is 62.9 Å². The van der Waals surface area contributed by atoms with Gasteiger partial charge in [-0.3, -0.25) is 0 Å². The van der Waals surface area contributed by atoms with Gasteiger partial charge in [0.2, 0.25) is 0 Å². The van der Waals surface area contributed by atoms with Crippen LogP contribution in [-0.4, -0.2) is 45.5 Å². The van der Waals surface area contributed by atoms with Crippen LogP contribution in [0.1, 0.15) is 79.1 Å². The standard InChI is InChI=1S/C38H49N3O5/c1-6-10-12-26(8-3)24-45-30-18-20-34(42)32(22-30)37-39-36(28-14-16-29(44-5)17-15-28)40-38(41-37)33-23-31(19-21-35(33)43)46-25-27(9-4)13-11-7-2/h14-23,26-27,42-43H,6-13,24-25H2,1-5H3. The Kier molecular flexibility index (Phi) is 13.1. The van der Waals surface area contributed by atoms with Crippen molar-refractivity contribution in [2.75, 3.05) is 20.3 Å². The summed E-state index contributed by atoms with van der Waals surface area (Å²) in [5.74, 6) is 3.81. The van der Waals surface area contributed by atoms with E-state index in [4.69, 9.17) is 29.2 Å². The molecule has 4 rings (SSSR count). The van der Waals surface area contributed by atoms with Crippen LogP contribution in [0.3, 0.4) is 0 Å². The summed E-state index contributed by atoms with van der Waals surface area (Å²) < 4.78 is 17.7. The molecule has 1 aromatic heterocycles. The highest BCUT2D eigenvalue weighted by atomic mass is 16.5. The molecule has 0 fully saturated rings. The Morgan fingerprint density at radius 2 is 1.02 bits per heavy atom. The summed E-state index contributed by atoms with van der Waals surface area (Å²) in [5.41, 5.74) is 1.55. The lowest BCUT2D eigenvalue weighted by molar-refractivity contribution is 0.233. The molecule has 0 amide bonds. The number of methoxy groups -OCH3 is 1. The van der Waals surface area contributed by atoms with Crippen molar-refractivity contribution in [3.05, 3.63) is 60.7 Å². The molecule has 246 valence electrons. The number of rotatable bonds is 18. The van der Waals surface area contributed by atoms with Crippen LogP contribution < -0.4 is 14.2 Å². The van der Waals surface area contributed by atoms with E-state index in [-0.39, 0.29) is 23.1 Å². The summed E-state index contributed by atoms with van der Waals surface area (Å²) in [4.78, 5) is 14.3. The predicted molar refractivity (Wildman–Crippen MR) is 184 cm³/mol. The Morgan fingerprint density at radius 3 is 1.43 bits per heavy atom. The number of aromatic nitrogens is 3. The van der Waals surface area contributed by atoms with E-state index in [0.29, 0.717) is 59.2 Å².